The lowest BCUT2D eigenvalue weighted by Crippen LogP contribution is -2.32. The van der Waals surface area contributed by atoms with Crippen LogP contribution >= 0.6 is 0 Å². The lowest BCUT2D eigenvalue weighted by atomic mass is 10.1. The first-order valence-corrected chi connectivity index (χ1v) is 12.1. The van der Waals surface area contributed by atoms with Crippen LogP contribution in [0.25, 0.3) is 0 Å². The summed E-state index contributed by atoms with van der Waals surface area (Å²) >= 11 is 0. The highest BCUT2D eigenvalue weighted by Crippen LogP contribution is 2.25. The van der Waals surface area contributed by atoms with Crippen molar-refractivity contribution in [2.24, 2.45) is 0 Å². The van der Waals surface area contributed by atoms with Gasteiger partial charge in [0.25, 0.3) is 5.91 Å². The third-order valence-corrected chi connectivity index (χ3v) is 5.95. The summed E-state index contributed by atoms with van der Waals surface area (Å²) in [6.07, 6.45) is 7.32. The van der Waals surface area contributed by atoms with Crippen molar-refractivity contribution in [1.29, 1.82) is 0 Å². The fraction of sp³-hybridized carbons (Fsp3) is 0.286. The molecule has 8 heteroatoms. The van der Waals surface area contributed by atoms with Crippen LogP contribution in [-0.2, 0) is 16.1 Å². The van der Waals surface area contributed by atoms with Gasteiger partial charge in [0.05, 0.1) is 19.6 Å². The first kappa shape index (κ1) is 25.1. The molecule has 36 heavy (non-hydrogen) atoms. The molecule has 0 radical (unpaired) electrons. The number of benzene rings is 2. The van der Waals surface area contributed by atoms with E-state index in [1.165, 1.54) is 7.11 Å². The molecule has 0 aliphatic carbocycles. The van der Waals surface area contributed by atoms with Crippen LogP contribution in [0.2, 0.25) is 0 Å². The molecule has 2 aromatic carbocycles. The van der Waals surface area contributed by atoms with Crippen LogP contribution in [0.1, 0.15) is 47.1 Å². The van der Waals surface area contributed by atoms with Crippen LogP contribution in [0.4, 0.5) is 11.5 Å². The minimum absolute atomic E-state index is 0.0761. The van der Waals surface area contributed by atoms with E-state index in [4.69, 9.17) is 9.72 Å². The predicted molar refractivity (Wildman–Crippen MR) is 139 cm³/mol. The molecule has 1 atom stereocenters. The standard InChI is InChI=1S/C28H31N5O3/c1-36-25(34)16-8-9-18-33(20-21-11-4-2-5-12-21)28(35)23-19-30-27(24-15-10-17-29-24)32-26(23)31-22-13-6-3-7-14-22/h2-9,11-14,19,24,29H,10,15-18,20H2,1H3,(H,30,31,32)/b9-8+. The van der Waals surface area contributed by atoms with E-state index in [-0.39, 0.29) is 24.3 Å². The summed E-state index contributed by atoms with van der Waals surface area (Å²) in [5, 5.41) is 6.74. The van der Waals surface area contributed by atoms with Crippen LogP contribution in [0.3, 0.4) is 0 Å². The van der Waals surface area contributed by atoms with Crippen molar-refractivity contribution in [2.45, 2.75) is 31.8 Å². The van der Waals surface area contributed by atoms with Crippen molar-refractivity contribution >= 4 is 23.4 Å². The maximum atomic E-state index is 13.8. The topological polar surface area (TPSA) is 96.5 Å². The molecule has 1 amide bonds. The van der Waals surface area contributed by atoms with E-state index in [2.05, 4.69) is 15.6 Å². The summed E-state index contributed by atoms with van der Waals surface area (Å²) < 4.78 is 4.69. The zero-order chi connectivity index (χ0) is 25.2. The van der Waals surface area contributed by atoms with Gasteiger partial charge in [-0.15, -0.1) is 0 Å². The Morgan fingerprint density at radius 1 is 1.11 bits per heavy atom. The summed E-state index contributed by atoms with van der Waals surface area (Å²) in [5.41, 5.74) is 2.22. The van der Waals surface area contributed by atoms with Gasteiger partial charge >= 0.3 is 5.97 Å². The van der Waals surface area contributed by atoms with E-state index in [0.717, 1.165) is 30.6 Å². The highest BCUT2D eigenvalue weighted by Gasteiger charge is 2.24. The average Bonchev–Trinajstić information content (AvgIpc) is 3.46. The second kappa shape index (κ2) is 12.6. The number of anilines is 2. The van der Waals surface area contributed by atoms with Crippen molar-refractivity contribution < 1.29 is 14.3 Å². The number of rotatable bonds is 10. The highest BCUT2D eigenvalue weighted by atomic mass is 16.5. The van der Waals surface area contributed by atoms with Crippen molar-refractivity contribution in [1.82, 2.24) is 20.2 Å². The lowest BCUT2D eigenvalue weighted by Gasteiger charge is -2.23. The molecule has 1 unspecified atom stereocenters. The minimum Gasteiger partial charge on any atom is -0.469 e. The molecule has 0 spiro atoms. The summed E-state index contributed by atoms with van der Waals surface area (Å²) in [6, 6.07) is 19.5. The van der Waals surface area contributed by atoms with E-state index < -0.39 is 0 Å². The van der Waals surface area contributed by atoms with Gasteiger partial charge in [0.15, 0.2) is 0 Å². The predicted octanol–water partition coefficient (Wildman–Crippen LogP) is 4.41. The van der Waals surface area contributed by atoms with E-state index in [0.29, 0.717) is 30.3 Å². The van der Waals surface area contributed by atoms with E-state index in [1.807, 2.05) is 60.7 Å². The van der Waals surface area contributed by atoms with Gasteiger partial charge in [0.2, 0.25) is 0 Å². The maximum absolute atomic E-state index is 13.8. The van der Waals surface area contributed by atoms with Crippen LogP contribution in [-0.4, -0.2) is 46.9 Å². The summed E-state index contributed by atoms with van der Waals surface area (Å²) in [5.74, 6) is 0.619. The summed E-state index contributed by atoms with van der Waals surface area (Å²) in [7, 11) is 1.35. The number of methoxy groups -OCH3 is 1. The van der Waals surface area contributed by atoms with Crippen molar-refractivity contribution in [3.63, 3.8) is 0 Å². The molecule has 4 rings (SSSR count). The second-order valence-corrected chi connectivity index (χ2v) is 8.55. The molecule has 3 aromatic rings. The molecular formula is C28H31N5O3. The number of esters is 1. The second-order valence-electron chi connectivity index (χ2n) is 8.55. The van der Waals surface area contributed by atoms with Gasteiger partial charge in [-0.1, -0.05) is 60.7 Å². The quantitative estimate of drug-likeness (QED) is 0.324. The third-order valence-electron chi connectivity index (χ3n) is 5.95. The number of carbonyl (C=O) groups is 2. The number of para-hydroxylation sites is 1. The molecule has 1 fully saturated rings. The van der Waals surface area contributed by atoms with Crippen LogP contribution in [0.15, 0.2) is 79.0 Å². The number of nitrogens with zero attached hydrogens (tertiary/aromatic N) is 3. The molecule has 2 N–H and O–H groups in total. The SMILES string of the molecule is COC(=O)C/C=C/CN(Cc1ccccc1)C(=O)c1cnc(C2CCCN2)nc1Nc1ccccc1. The Morgan fingerprint density at radius 3 is 2.56 bits per heavy atom. The average molecular weight is 486 g/mol. The number of aromatic nitrogens is 2. The van der Waals surface area contributed by atoms with Crippen molar-refractivity contribution in [3.8, 4) is 0 Å². The fourth-order valence-electron chi connectivity index (χ4n) is 4.04. The summed E-state index contributed by atoms with van der Waals surface area (Å²) in [6.45, 7) is 1.65. The first-order chi connectivity index (χ1) is 17.6. The smallest absolute Gasteiger partial charge is 0.309 e. The van der Waals surface area contributed by atoms with Gasteiger partial charge in [-0.25, -0.2) is 9.97 Å². The number of nitrogens with one attached hydrogen (secondary N) is 2. The Morgan fingerprint density at radius 2 is 1.86 bits per heavy atom. The molecule has 1 saturated heterocycles. The Balaban J connectivity index is 1.63. The number of carbonyl (C=O) groups excluding carboxylic acids is 2. The lowest BCUT2D eigenvalue weighted by molar-refractivity contribution is -0.139. The molecular weight excluding hydrogens is 454 g/mol. The largest absolute Gasteiger partial charge is 0.469 e. The molecule has 0 saturated carbocycles. The van der Waals surface area contributed by atoms with E-state index in [1.54, 1.807) is 23.2 Å². The molecule has 0 bridgehead atoms. The van der Waals surface area contributed by atoms with Crippen LogP contribution < -0.4 is 10.6 Å². The van der Waals surface area contributed by atoms with Gasteiger partial charge in [-0.2, -0.15) is 0 Å². The monoisotopic (exact) mass is 485 g/mol. The van der Waals surface area contributed by atoms with Gasteiger partial charge in [0, 0.05) is 25.0 Å². The Labute approximate surface area is 211 Å². The number of amides is 1. The van der Waals surface area contributed by atoms with Crippen molar-refractivity contribution in [3.05, 3.63) is 96.0 Å². The zero-order valence-electron chi connectivity index (χ0n) is 20.4. The molecule has 186 valence electrons. The van der Waals surface area contributed by atoms with E-state index >= 15 is 0 Å². The summed E-state index contributed by atoms with van der Waals surface area (Å²) in [4.78, 5) is 36.4. The van der Waals surface area contributed by atoms with Crippen LogP contribution in [0.5, 0.6) is 0 Å². The highest BCUT2D eigenvalue weighted by molar-refractivity contribution is 5.99. The molecule has 2 heterocycles. The van der Waals surface area contributed by atoms with Crippen molar-refractivity contribution in [2.75, 3.05) is 25.5 Å². The third kappa shape index (κ3) is 6.76. The van der Waals surface area contributed by atoms with Crippen LogP contribution in [0, 0.1) is 0 Å². The zero-order valence-corrected chi connectivity index (χ0v) is 20.4. The van der Waals surface area contributed by atoms with Gasteiger partial charge in [0.1, 0.15) is 17.2 Å². The van der Waals surface area contributed by atoms with Gasteiger partial charge < -0.3 is 20.3 Å². The van der Waals surface area contributed by atoms with Gasteiger partial charge in [-0.05, 0) is 37.1 Å². The fourth-order valence-corrected chi connectivity index (χ4v) is 4.04. The minimum atomic E-state index is -0.328. The molecule has 1 aliphatic heterocycles. The van der Waals surface area contributed by atoms with E-state index in [9.17, 15) is 9.59 Å². The maximum Gasteiger partial charge on any atom is 0.309 e. The Bertz CT molecular complexity index is 1180. The molecule has 1 aromatic heterocycles. The Kier molecular flexibility index (Phi) is 8.77. The van der Waals surface area contributed by atoms with Gasteiger partial charge in [-0.3, -0.25) is 9.59 Å². The molecule has 8 nitrogen and oxygen atoms in total. The molecule has 1 aliphatic rings. The first-order valence-electron chi connectivity index (χ1n) is 12.1. The number of ether oxygens (including phenoxy) is 1. The number of hydrogen-bond donors (Lipinski definition) is 2. The number of hydrogen-bond acceptors (Lipinski definition) is 7. The normalized spacial score (nSPS) is 15.1. The Hall–Kier alpha value is -4.04.